The zero-order chi connectivity index (χ0) is 19.7. The van der Waals surface area contributed by atoms with Crippen LogP contribution in [-0.4, -0.2) is 39.0 Å². The molecule has 2 aromatic heterocycles. The quantitative estimate of drug-likeness (QED) is 0.691. The molecule has 1 atom stereocenters. The number of hydrogen-bond donors (Lipinski definition) is 2. The van der Waals surface area contributed by atoms with Crippen LogP contribution in [0.25, 0.3) is 10.2 Å². The van der Waals surface area contributed by atoms with Crippen molar-refractivity contribution in [2.24, 2.45) is 0 Å². The van der Waals surface area contributed by atoms with Crippen molar-refractivity contribution < 1.29 is 4.79 Å². The molecule has 28 heavy (non-hydrogen) atoms. The van der Waals surface area contributed by atoms with E-state index in [1.165, 1.54) is 0 Å². The van der Waals surface area contributed by atoms with E-state index in [2.05, 4.69) is 34.1 Å². The van der Waals surface area contributed by atoms with E-state index in [-0.39, 0.29) is 17.9 Å². The molecule has 1 aromatic carbocycles. The van der Waals surface area contributed by atoms with Crippen molar-refractivity contribution in [3.8, 4) is 0 Å². The van der Waals surface area contributed by atoms with Crippen LogP contribution in [-0.2, 0) is 0 Å². The third-order valence-electron chi connectivity index (χ3n) is 4.97. The van der Waals surface area contributed by atoms with E-state index in [4.69, 9.17) is 5.73 Å². The van der Waals surface area contributed by atoms with E-state index < -0.39 is 0 Å². The van der Waals surface area contributed by atoms with Gasteiger partial charge in [-0.3, -0.25) is 0 Å². The summed E-state index contributed by atoms with van der Waals surface area (Å²) in [5.74, 6) is 0.858. The number of anilines is 2. The van der Waals surface area contributed by atoms with Crippen LogP contribution >= 0.6 is 11.3 Å². The zero-order valence-corrected chi connectivity index (χ0v) is 16.9. The minimum Gasteiger partial charge on any atom is -0.368 e. The third kappa shape index (κ3) is 3.91. The molecule has 1 fully saturated rings. The SMILES string of the molecule is CC(C)c1nc2ccc(NC(=O)N3CCCC(c4ccnc(N)n4)C3)cc2s1. The highest BCUT2D eigenvalue weighted by Gasteiger charge is 2.26. The molecule has 3 heterocycles. The number of piperidine rings is 1. The number of amides is 2. The first kappa shape index (κ1) is 18.6. The Morgan fingerprint density at radius 2 is 2.18 bits per heavy atom. The molecule has 3 N–H and O–H groups in total. The molecular formula is C20H24N6OS. The lowest BCUT2D eigenvalue weighted by atomic mass is 9.95. The normalized spacial score (nSPS) is 17.2. The van der Waals surface area contributed by atoms with E-state index in [9.17, 15) is 4.79 Å². The van der Waals surface area contributed by atoms with E-state index in [0.29, 0.717) is 12.5 Å². The molecule has 4 rings (SSSR count). The summed E-state index contributed by atoms with van der Waals surface area (Å²) in [4.78, 5) is 27.6. The number of nitrogens with two attached hydrogens (primary N) is 1. The summed E-state index contributed by atoms with van der Waals surface area (Å²) in [7, 11) is 0. The topological polar surface area (TPSA) is 97.0 Å². The molecule has 0 bridgehead atoms. The van der Waals surface area contributed by atoms with Gasteiger partial charge in [0.2, 0.25) is 5.95 Å². The highest BCUT2D eigenvalue weighted by atomic mass is 32.1. The maximum atomic E-state index is 12.8. The lowest BCUT2D eigenvalue weighted by Gasteiger charge is -2.32. The second-order valence-corrected chi connectivity index (χ2v) is 8.51. The van der Waals surface area contributed by atoms with Crippen LogP contribution in [0.4, 0.5) is 16.4 Å². The van der Waals surface area contributed by atoms with Gasteiger partial charge in [-0.25, -0.2) is 19.7 Å². The minimum atomic E-state index is -0.0836. The van der Waals surface area contributed by atoms with Crippen molar-refractivity contribution in [1.82, 2.24) is 19.9 Å². The van der Waals surface area contributed by atoms with Gasteiger partial charge in [0, 0.05) is 36.8 Å². The van der Waals surface area contributed by atoms with Gasteiger partial charge in [-0.2, -0.15) is 0 Å². The molecule has 1 saturated heterocycles. The van der Waals surface area contributed by atoms with Gasteiger partial charge in [0.1, 0.15) is 0 Å². The molecule has 7 nitrogen and oxygen atoms in total. The lowest BCUT2D eigenvalue weighted by Crippen LogP contribution is -2.41. The molecular weight excluding hydrogens is 372 g/mol. The van der Waals surface area contributed by atoms with E-state index in [0.717, 1.165) is 46.0 Å². The maximum Gasteiger partial charge on any atom is 0.321 e. The first-order valence-electron chi connectivity index (χ1n) is 9.54. The van der Waals surface area contributed by atoms with Gasteiger partial charge < -0.3 is 16.0 Å². The molecule has 1 unspecified atom stereocenters. The third-order valence-corrected chi connectivity index (χ3v) is 6.29. The largest absolute Gasteiger partial charge is 0.368 e. The average Bonchev–Trinajstić information content (AvgIpc) is 3.12. The summed E-state index contributed by atoms with van der Waals surface area (Å²) in [6.45, 7) is 5.64. The second kappa shape index (κ2) is 7.71. The Labute approximate surface area is 168 Å². The Hall–Kier alpha value is -2.74. The summed E-state index contributed by atoms with van der Waals surface area (Å²) < 4.78 is 1.09. The minimum absolute atomic E-state index is 0.0836. The predicted molar refractivity (Wildman–Crippen MR) is 113 cm³/mol. The number of urea groups is 1. The molecule has 1 aliphatic rings. The Morgan fingerprint density at radius 3 is 2.96 bits per heavy atom. The van der Waals surface area contributed by atoms with E-state index >= 15 is 0 Å². The summed E-state index contributed by atoms with van der Waals surface area (Å²) in [6, 6.07) is 7.68. The Kier molecular flexibility index (Phi) is 5.13. The Morgan fingerprint density at radius 1 is 1.32 bits per heavy atom. The standard InChI is InChI=1S/C20H24N6OS/c1-12(2)18-24-16-6-5-14(10-17(16)28-18)23-20(27)26-9-3-4-13(11-26)15-7-8-22-19(21)25-15/h5-8,10,12-13H,3-4,9,11H2,1-2H3,(H,23,27)(H2,21,22,25). The number of thiazole rings is 1. The smallest absolute Gasteiger partial charge is 0.321 e. The fourth-order valence-corrected chi connectivity index (χ4v) is 4.50. The molecule has 1 aliphatic heterocycles. The zero-order valence-electron chi connectivity index (χ0n) is 16.1. The highest BCUT2D eigenvalue weighted by Crippen LogP contribution is 2.30. The number of aromatic nitrogens is 3. The summed E-state index contributed by atoms with van der Waals surface area (Å²) in [6.07, 6.45) is 3.60. The van der Waals surface area contributed by atoms with Crippen LogP contribution in [0.3, 0.4) is 0 Å². The highest BCUT2D eigenvalue weighted by molar-refractivity contribution is 7.18. The molecule has 0 saturated carbocycles. The number of likely N-dealkylation sites (tertiary alicyclic amines) is 1. The molecule has 0 aliphatic carbocycles. The second-order valence-electron chi connectivity index (χ2n) is 7.44. The molecule has 0 spiro atoms. The Balaban J connectivity index is 1.46. The molecule has 8 heteroatoms. The van der Waals surface area contributed by atoms with Crippen LogP contribution in [0, 0.1) is 0 Å². The first-order valence-corrected chi connectivity index (χ1v) is 10.4. The number of fused-ring (bicyclic) bond motifs is 1. The van der Waals surface area contributed by atoms with Crippen molar-refractivity contribution in [1.29, 1.82) is 0 Å². The number of nitrogens with zero attached hydrogens (tertiary/aromatic N) is 4. The number of hydrogen-bond acceptors (Lipinski definition) is 6. The van der Waals surface area contributed by atoms with Crippen molar-refractivity contribution in [3.63, 3.8) is 0 Å². The maximum absolute atomic E-state index is 12.8. The summed E-state index contributed by atoms with van der Waals surface area (Å²) in [5.41, 5.74) is 8.38. The molecule has 2 amide bonds. The Bertz CT molecular complexity index is 1000. The molecule has 0 radical (unpaired) electrons. The van der Waals surface area contributed by atoms with Crippen LogP contribution in [0.15, 0.2) is 30.5 Å². The van der Waals surface area contributed by atoms with Crippen LogP contribution in [0.2, 0.25) is 0 Å². The number of rotatable bonds is 3. The van der Waals surface area contributed by atoms with Gasteiger partial charge in [-0.15, -0.1) is 11.3 Å². The van der Waals surface area contributed by atoms with Gasteiger partial charge in [0.25, 0.3) is 0 Å². The van der Waals surface area contributed by atoms with Crippen LogP contribution in [0.1, 0.15) is 49.2 Å². The number of nitrogen functional groups attached to an aromatic ring is 1. The number of benzene rings is 1. The predicted octanol–water partition coefficient (Wildman–Crippen LogP) is 4.20. The number of carbonyl (C=O) groups excluding carboxylic acids is 1. The van der Waals surface area contributed by atoms with Crippen molar-refractivity contribution in [3.05, 3.63) is 41.2 Å². The first-order chi connectivity index (χ1) is 13.5. The van der Waals surface area contributed by atoms with Crippen molar-refractivity contribution >= 4 is 39.2 Å². The average molecular weight is 397 g/mol. The van der Waals surface area contributed by atoms with Crippen molar-refractivity contribution in [2.45, 2.75) is 38.5 Å². The number of nitrogens with one attached hydrogen (secondary N) is 1. The fraction of sp³-hybridized carbons (Fsp3) is 0.400. The van der Waals surface area contributed by atoms with Gasteiger partial charge in [0.05, 0.1) is 20.9 Å². The van der Waals surface area contributed by atoms with Crippen LogP contribution < -0.4 is 11.1 Å². The van der Waals surface area contributed by atoms with Gasteiger partial charge >= 0.3 is 6.03 Å². The summed E-state index contributed by atoms with van der Waals surface area (Å²) >= 11 is 1.68. The van der Waals surface area contributed by atoms with Crippen molar-refractivity contribution in [2.75, 3.05) is 24.1 Å². The number of carbonyl (C=O) groups is 1. The fourth-order valence-electron chi connectivity index (χ4n) is 3.49. The van der Waals surface area contributed by atoms with Gasteiger partial charge in [-0.05, 0) is 37.1 Å². The van der Waals surface area contributed by atoms with Crippen LogP contribution in [0.5, 0.6) is 0 Å². The van der Waals surface area contributed by atoms with E-state index in [1.54, 1.807) is 17.5 Å². The monoisotopic (exact) mass is 396 g/mol. The molecule has 146 valence electrons. The molecule has 3 aromatic rings. The van der Waals surface area contributed by atoms with E-state index in [1.807, 2.05) is 29.2 Å². The summed E-state index contributed by atoms with van der Waals surface area (Å²) in [5, 5.41) is 4.15. The van der Waals surface area contributed by atoms with Gasteiger partial charge in [0.15, 0.2) is 0 Å². The van der Waals surface area contributed by atoms with Gasteiger partial charge in [-0.1, -0.05) is 13.8 Å². The lowest BCUT2D eigenvalue weighted by molar-refractivity contribution is 0.192.